The van der Waals surface area contributed by atoms with E-state index in [1.54, 1.807) is 0 Å². The summed E-state index contributed by atoms with van der Waals surface area (Å²) in [6.07, 6.45) is 3.55. The number of aromatic nitrogens is 3. The van der Waals surface area contributed by atoms with Crippen LogP contribution in [0.5, 0.6) is 0 Å². The van der Waals surface area contributed by atoms with Crippen molar-refractivity contribution in [3.05, 3.63) is 23.0 Å². The molecule has 2 aromatic heterocycles. The second kappa shape index (κ2) is 5.40. The van der Waals surface area contributed by atoms with E-state index in [2.05, 4.69) is 35.3 Å². The molecule has 108 valence electrons. The van der Waals surface area contributed by atoms with Gasteiger partial charge in [-0.25, -0.2) is 4.98 Å². The first-order chi connectivity index (χ1) is 9.69. The standard InChI is InChI=1S/C15H22N4O/c1-4-12-8-14(16-9-13-6-5-7-20-13)19-15(17-12)10(2)11(3)18-19/h8,13,16H,4-7,9H2,1-3H3/t13-/m0/s1. The molecule has 1 aliphatic rings. The predicted octanol–water partition coefficient (Wildman–Crippen LogP) is 2.50. The van der Waals surface area contributed by atoms with Crippen LogP contribution in [-0.2, 0) is 11.2 Å². The van der Waals surface area contributed by atoms with Gasteiger partial charge in [0.1, 0.15) is 5.82 Å². The van der Waals surface area contributed by atoms with E-state index < -0.39 is 0 Å². The van der Waals surface area contributed by atoms with Crippen LogP contribution in [0.4, 0.5) is 5.82 Å². The number of aryl methyl sites for hydroxylation is 3. The highest BCUT2D eigenvalue weighted by atomic mass is 16.5. The fraction of sp³-hybridized carbons (Fsp3) is 0.600. The molecule has 3 heterocycles. The first kappa shape index (κ1) is 13.4. The predicted molar refractivity (Wildman–Crippen MR) is 79.3 cm³/mol. The van der Waals surface area contributed by atoms with Crippen LogP contribution in [-0.4, -0.2) is 33.9 Å². The van der Waals surface area contributed by atoms with E-state index in [0.717, 1.165) is 60.8 Å². The number of fused-ring (bicyclic) bond motifs is 1. The Bertz CT molecular complexity index is 614. The molecule has 0 saturated carbocycles. The van der Waals surface area contributed by atoms with E-state index in [4.69, 9.17) is 4.74 Å². The van der Waals surface area contributed by atoms with Crippen molar-refractivity contribution < 1.29 is 4.74 Å². The van der Waals surface area contributed by atoms with Crippen LogP contribution in [0.1, 0.15) is 36.7 Å². The van der Waals surface area contributed by atoms with Crippen LogP contribution in [0.15, 0.2) is 6.07 Å². The zero-order valence-corrected chi connectivity index (χ0v) is 12.4. The molecular weight excluding hydrogens is 252 g/mol. The molecule has 0 unspecified atom stereocenters. The van der Waals surface area contributed by atoms with Gasteiger partial charge in [-0.1, -0.05) is 6.92 Å². The van der Waals surface area contributed by atoms with Crippen molar-refractivity contribution >= 4 is 11.5 Å². The van der Waals surface area contributed by atoms with Crippen LogP contribution in [0.2, 0.25) is 0 Å². The minimum Gasteiger partial charge on any atom is -0.376 e. The third kappa shape index (κ3) is 2.38. The maximum absolute atomic E-state index is 5.66. The molecule has 2 aromatic rings. The number of ether oxygens (including phenoxy) is 1. The van der Waals surface area contributed by atoms with Crippen LogP contribution < -0.4 is 5.32 Å². The fourth-order valence-corrected chi connectivity index (χ4v) is 2.61. The Kier molecular flexibility index (Phi) is 3.61. The zero-order chi connectivity index (χ0) is 14.1. The van der Waals surface area contributed by atoms with Gasteiger partial charge >= 0.3 is 0 Å². The molecule has 0 bridgehead atoms. The van der Waals surface area contributed by atoms with Crippen molar-refractivity contribution in [1.82, 2.24) is 14.6 Å². The Morgan fingerprint density at radius 3 is 3.00 bits per heavy atom. The summed E-state index contributed by atoms with van der Waals surface area (Å²) in [5.74, 6) is 1.01. The minimum atomic E-state index is 0.320. The Labute approximate surface area is 119 Å². The second-order valence-electron chi connectivity index (χ2n) is 5.45. The van der Waals surface area contributed by atoms with Crippen molar-refractivity contribution in [3.8, 4) is 0 Å². The van der Waals surface area contributed by atoms with Gasteiger partial charge in [-0.15, -0.1) is 0 Å². The summed E-state index contributed by atoms with van der Waals surface area (Å²) < 4.78 is 7.58. The Balaban J connectivity index is 1.93. The molecule has 0 aliphatic carbocycles. The van der Waals surface area contributed by atoms with E-state index in [1.165, 1.54) is 0 Å². The molecule has 1 fully saturated rings. The number of rotatable bonds is 4. The number of hydrogen-bond donors (Lipinski definition) is 1. The lowest BCUT2D eigenvalue weighted by Gasteiger charge is -2.13. The van der Waals surface area contributed by atoms with Gasteiger partial charge < -0.3 is 10.1 Å². The summed E-state index contributed by atoms with van der Waals surface area (Å²) in [6.45, 7) is 7.95. The highest BCUT2D eigenvalue weighted by Gasteiger charge is 2.17. The molecule has 3 rings (SSSR count). The maximum atomic E-state index is 5.66. The van der Waals surface area contributed by atoms with E-state index in [-0.39, 0.29) is 0 Å². The number of nitrogens with one attached hydrogen (secondary N) is 1. The largest absolute Gasteiger partial charge is 0.376 e. The summed E-state index contributed by atoms with van der Waals surface area (Å²) in [5, 5.41) is 8.06. The lowest BCUT2D eigenvalue weighted by atomic mass is 10.2. The Morgan fingerprint density at radius 1 is 1.45 bits per heavy atom. The molecule has 0 spiro atoms. The SMILES string of the molecule is CCc1cc(NC[C@@H]2CCCO2)n2nc(C)c(C)c2n1. The molecule has 5 nitrogen and oxygen atoms in total. The molecule has 1 aliphatic heterocycles. The van der Waals surface area contributed by atoms with Crippen molar-refractivity contribution in [2.24, 2.45) is 0 Å². The molecule has 1 atom stereocenters. The maximum Gasteiger partial charge on any atom is 0.160 e. The molecular formula is C15H22N4O. The topological polar surface area (TPSA) is 51.5 Å². The van der Waals surface area contributed by atoms with Gasteiger partial charge in [-0.05, 0) is 33.1 Å². The second-order valence-corrected chi connectivity index (χ2v) is 5.45. The summed E-state index contributed by atoms with van der Waals surface area (Å²) in [5.41, 5.74) is 4.23. The third-order valence-corrected chi connectivity index (χ3v) is 4.01. The molecule has 0 aromatic carbocycles. The monoisotopic (exact) mass is 274 g/mol. The van der Waals surface area contributed by atoms with Gasteiger partial charge in [0.15, 0.2) is 5.65 Å². The van der Waals surface area contributed by atoms with E-state index in [1.807, 2.05) is 11.4 Å². The molecule has 1 N–H and O–H groups in total. The van der Waals surface area contributed by atoms with Crippen molar-refractivity contribution in [3.63, 3.8) is 0 Å². The van der Waals surface area contributed by atoms with Gasteiger partial charge in [-0.3, -0.25) is 0 Å². The first-order valence-electron chi connectivity index (χ1n) is 7.40. The van der Waals surface area contributed by atoms with Gasteiger partial charge in [0.2, 0.25) is 0 Å². The van der Waals surface area contributed by atoms with Gasteiger partial charge in [-0.2, -0.15) is 9.61 Å². The van der Waals surface area contributed by atoms with Gasteiger partial charge in [0.25, 0.3) is 0 Å². The summed E-state index contributed by atoms with van der Waals surface area (Å²) in [6, 6.07) is 2.09. The molecule has 0 amide bonds. The third-order valence-electron chi connectivity index (χ3n) is 4.01. The van der Waals surface area contributed by atoms with Crippen LogP contribution in [0.3, 0.4) is 0 Å². The quantitative estimate of drug-likeness (QED) is 0.930. The lowest BCUT2D eigenvalue weighted by molar-refractivity contribution is 0.120. The Morgan fingerprint density at radius 2 is 2.30 bits per heavy atom. The lowest BCUT2D eigenvalue weighted by Crippen LogP contribution is -2.20. The number of anilines is 1. The zero-order valence-electron chi connectivity index (χ0n) is 12.4. The minimum absolute atomic E-state index is 0.320. The van der Waals surface area contributed by atoms with Crippen molar-refractivity contribution in [1.29, 1.82) is 0 Å². The average Bonchev–Trinajstić information content (AvgIpc) is 3.06. The van der Waals surface area contributed by atoms with Crippen molar-refractivity contribution in [2.45, 2.75) is 46.1 Å². The smallest absolute Gasteiger partial charge is 0.160 e. The number of nitrogens with zero attached hydrogens (tertiary/aromatic N) is 3. The van der Waals surface area contributed by atoms with E-state index >= 15 is 0 Å². The average molecular weight is 274 g/mol. The molecule has 1 saturated heterocycles. The van der Waals surface area contributed by atoms with Crippen molar-refractivity contribution in [2.75, 3.05) is 18.5 Å². The summed E-state index contributed by atoms with van der Waals surface area (Å²) in [4.78, 5) is 4.68. The normalized spacial score (nSPS) is 18.9. The Hall–Kier alpha value is -1.62. The molecule has 20 heavy (non-hydrogen) atoms. The highest BCUT2D eigenvalue weighted by molar-refractivity contribution is 5.56. The van der Waals surface area contributed by atoms with Gasteiger partial charge in [0, 0.05) is 30.5 Å². The van der Waals surface area contributed by atoms with Gasteiger partial charge in [0.05, 0.1) is 11.8 Å². The first-order valence-corrected chi connectivity index (χ1v) is 7.40. The highest BCUT2D eigenvalue weighted by Crippen LogP contribution is 2.20. The van der Waals surface area contributed by atoms with E-state index in [0.29, 0.717) is 6.10 Å². The van der Waals surface area contributed by atoms with Crippen LogP contribution >= 0.6 is 0 Å². The molecule has 5 heteroatoms. The van der Waals surface area contributed by atoms with Crippen LogP contribution in [0, 0.1) is 13.8 Å². The van der Waals surface area contributed by atoms with E-state index in [9.17, 15) is 0 Å². The molecule has 0 radical (unpaired) electrons. The van der Waals surface area contributed by atoms with Crippen LogP contribution in [0.25, 0.3) is 5.65 Å². The summed E-state index contributed by atoms with van der Waals surface area (Å²) >= 11 is 0. The fourth-order valence-electron chi connectivity index (χ4n) is 2.61. The summed E-state index contributed by atoms with van der Waals surface area (Å²) in [7, 11) is 0. The number of hydrogen-bond acceptors (Lipinski definition) is 4.